The maximum Gasteiger partial charge on any atom is 0.220 e. The summed E-state index contributed by atoms with van der Waals surface area (Å²) in [5.41, 5.74) is 14.2. The lowest BCUT2D eigenvalue weighted by molar-refractivity contribution is -0.665. The van der Waals surface area contributed by atoms with Gasteiger partial charge in [0.25, 0.3) is 0 Å². The molecule has 2 aliphatic rings. The molecule has 154 valence electrons. The SMILES string of the molecule is Cc1cc2c(cc1-c1c3cc4c(cc3cc(C)[n+]1C)CCC4)C(C)(C)c1ccccc1-2. The van der Waals surface area contributed by atoms with Crippen molar-refractivity contribution in [3.8, 4) is 22.4 Å². The molecule has 31 heavy (non-hydrogen) atoms. The molecule has 0 radical (unpaired) electrons. The van der Waals surface area contributed by atoms with E-state index in [4.69, 9.17) is 0 Å². The van der Waals surface area contributed by atoms with Crippen LogP contribution in [0.3, 0.4) is 0 Å². The number of rotatable bonds is 1. The summed E-state index contributed by atoms with van der Waals surface area (Å²) in [5.74, 6) is 0. The third-order valence-corrected chi connectivity index (χ3v) is 7.93. The second kappa shape index (κ2) is 6.29. The van der Waals surface area contributed by atoms with Crippen LogP contribution in [0.15, 0.2) is 54.6 Å². The van der Waals surface area contributed by atoms with Crippen LogP contribution in [0.4, 0.5) is 0 Å². The van der Waals surface area contributed by atoms with E-state index in [2.05, 4.69) is 93.9 Å². The fourth-order valence-corrected chi connectivity index (χ4v) is 6.08. The Bertz CT molecular complexity index is 1400. The number of nitrogens with zero attached hydrogens (tertiary/aromatic N) is 1. The van der Waals surface area contributed by atoms with Crippen LogP contribution in [0.1, 0.15) is 53.8 Å². The lowest BCUT2D eigenvalue weighted by Gasteiger charge is -2.22. The molecular formula is C30H30N+. The topological polar surface area (TPSA) is 3.88 Å². The Kier molecular flexibility index (Phi) is 3.82. The number of benzene rings is 3. The first-order valence-corrected chi connectivity index (χ1v) is 11.6. The summed E-state index contributed by atoms with van der Waals surface area (Å²) in [6, 6.07) is 21.2. The van der Waals surface area contributed by atoms with E-state index < -0.39 is 0 Å². The summed E-state index contributed by atoms with van der Waals surface area (Å²) in [7, 11) is 2.23. The second-order valence-corrected chi connectivity index (χ2v) is 10.1. The van der Waals surface area contributed by atoms with Gasteiger partial charge in [0.05, 0.1) is 10.9 Å². The minimum absolute atomic E-state index is 0.0217. The summed E-state index contributed by atoms with van der Waals surface area (Å²) in [4.78, 5) is 0. The van der Waals surface area contributed by atoms with Crippen molar-refractivity contribution in [3.63, 3.8) is 0 Å². The predicted octanol–water partition coefficient (Wildman–Crippen LogP) is 6.74. The minimum Gasteiger partial charge on any atom is -0.198 e. The van der Waals surface area contributed by atoms with E-state index in [1.807, 2.05) is 0 Å². The Balaban J connectivity index is 1.67. The molecule has 0 amide bonds. The summed E-state index contributed by atoms with van der Waals surface area (Å²) in [6.07, 6.45) is 3.73. The Hall–Kier alpha value is -2.93. The summed E-state index contributed by atoms with van der Waals surface area (Å²) in [5, 5.41) is 2.78. The molecule has 0 N–H and O–H groups in total. The van der Waals surface area contributed by atoms with E-state index >= 15 is 0 Å². The van der Waals surface area contributed by atoms with Crippen LogP contribution in [-0.4, -0.2) is 0 Å². The van der Waals surface area contributed by atoms with Crippen molar-refractivity contribution in [2.24, 2.45) is 7.05 Å². The van der Waals surface area contributed by atoms with Gasteiger partial charge in [0.1, 0.15) is 7.05 Å². The monoisotopic (exact) mass is 404 g/mol. The molecule has 1 heterocycles. The number of hydrogen-bond acceptors (Lipinski definition) is 0. The Morgan fingerprint density at radius 1 is 0.774 bits per heavy atom. The first-order valence-electron chi connectivity index (χ1n) is 11.6. The van der Waals surface area contributed by atoms with Crippen LogP contribution in [0, 0.1) is 13.8 Å². The van der Waals surface area contributed by atoms with Gasteiger partial charge in [-0.25, -0.2) is 0 Å². The fourth-order valence-electron chi connectivity index (χ4n) is 6.08. The van der Waals surface area contributed by atoms with Crippen LogP contribution in [-0.2, 0) is 25.3 Å². The molecule has 0 saturated heterocycles. The van der Waals surface area contributed by atoms with Crippen molar-refractivity contribution >= 4 is 10.8 Å². The van der Waals surface area contributed by atoms with Gasteiger partial charge in [0.2, 0.25) is 5.69 Å². The van der Waals surface area contributed by atoms with E-state index in [0.717, 1.165) is 0 Å². The zero-order valence-electron chi connectivity index (χ0n) is 19.3. The van der Waals surface area contributed by atoms with E-state index in [1.54, 1.807) is 11.1 Å². The standard InChI is InChI=1S/C30H30N/c1-18-13-26-23-11-6-7-12-27(23)30(3,4)28(26)17-24(18)29-25-16-21-10-8-9-20(21)15-22(25)14-19(2)31(29)5/h6-7,11-17H,8-10H2,1-5H3/q+1. The molecule has 1 heteroatoms. The van der Waals surface area contributed by atoms with Crippen LogP contribution >= 0.6 is 0 Å². The molecule has 0 atom stereocenters. The van der Waals surface area contributed by atoms with Crippen molar-refractivity contribution < 1.29 is 4.57 Å². The number of aromatic nitrogens is 1. The molecule has 6 rings (SSSR count). The van der Waals surface area contributed by atoms with Gasteiger partial charge in [0.15, 0.2) is 5.69 Å². The van der Waals surface area contributed by atoms with Crippen LogP contribution < -0.4 is 4.57 Å². The van der Waals surface area contributed by atoms with Gasteiger partial charge in [-0.2, -0.15) is 4.57 Å². The van der Waals surface area contributed by atoms with Crippen molar-refractivity contribution in [3.05, 3.63) is 88.1 Å². The molecule has 0 bridgehead atoms. The molecule has 1 aromatic heterocycles. The van der Waals surface area contributed by atoms with Crippen molar-refractivity contribution in [2.75, 3.05) is 0 Å². The first kappa shape index (κ1) is 18.8. The normalized spacial score (nSPS) is 15.8. The summed E-state index contributed by atoms with van der Waals surface area (Å²) < 4.78 is 2.40. The van der Waals surface area contributed by atoms with Crippen LogP contribution in [0.5, 0.6) is 0 Å². The van der Waals surface area contributed by atoms with Gasteiger partial charge >= 0.3 is 0 Å². The highest BCUT2D eigenvalue weighted by molar-refractivity contribution is 5.96. The van der Waals surface area contributed by atoms with Crippen molar-refractivity contribution in [1.29, 1.82) is 0 Å². The largest absolute Gasteiger partial charge is 0.220 e. The van der Waals surface area contributed by atoms with Crippen molar-refractivity contribution in [1.82, 2.24) is 0 Å². The van der Waals surface area contributed by atoms with E-state index in [9.17, 15) is 0 Å². The summed E-state index contributed by atoms with van der Waals surface area (Å²) >= 11 is 0. The molecular weight excluding hydrogens is 374 g/mol. The molecule has 0 aliphatic heterocycles. The van der Waals surface area contributed by atoms with Gasteiger partial charge in [-0.1, -0.05) is 50.2 Å². The predicted molar refractivity (Wildman–Crippen MR) is 130 cm³/mol. The van der Waals surface area contributed by atoms with Gasteiger partial charge in [-0.3, -0.25) is 0 Å². The second-order valence-electron chi connectivity index (χ2n) is 10.1. The smallest absolute Gasteiger partial charge is 0.198 e. The Labute approximate surface area is 185 Å². The molecule has 2 aliphatic carbocycles. The minimum atomic E-state index is 0.0217. The summed E-state index contributed by atoms with van der Waals surface area (Å²) in [6.45, 7) is 9.26. The maximum atomic E-state index is 2.49. The number of aryl methyl sites for hydroxylation is 4. The molecule has 1 nitrogen and oxygen atoms in total. The molecule has 0 unspecified atom stereocenters. The van der Waals surface area contributed by atoms with E-state index in [0.29, 0.717) is 0 Å². The number of hydrogen-bond donors (Lipinski definition) is 0. The van der Waals surface area contributed by atoms with Gasteiger partial charge < -0.3 is 0 Å². The molecule has 4 aromatic rings. The van der Waals surface area contributed by atoms with Gasteiger partial charge in [-0.05, 0) is 82.6 Å². The number of fused-ring (bicyclic) bond motifs is 5. The van der Waals surface area contributed by atoms with Gasteiger partial charge in [0, 0.05) is 18.4 Å². The molecule has 3 aromatic carbocycles. The van der Waals surface area contributed by atoms with Gasteiger partial charge in [-0.15, -0.1) is 0 Å². The molecule has 0 fully saturated rings. The Morgan fingerprint density at radius 3 is 2.32 bits per heavy atom. The van der Waals surface area contributed by atoms with Crippen LogP contribution in [0.2, 0.25) is 0 Å². The number of pyridine rings is 1. The quantitative estimate of drug-likeness (QED) is 0.309. The maximum absolute atomic E-state index is 2.49. The van der Waals surface area contributed by atoms with Crippen molar-refractivity contribution in [2.45, 2.75) is 52.4 Å². The zero-order chi connectivity index (χ0) is 21.5. The molecule has 0 saturated carbocycles. The lowest BCUT2D eigenvalue weighted by Crippen LogP contribution is -2.35. The average Bonchev–Trinajstić information content (AvgIpc) is 3.28. The highest BCUT2D eigenvalue weighted by atomic mass is 14.9. The fraction of sp³-hybridized carbons (Fsp3) is 0.300. The van der Waals surface area contributed by atoms with Crippen LogP contribution in [0.25, 0.3) is 33.2 Å². The third-order valence-electron chi connectivity index (χ3n) is 7.93. The molecule has 0 spiro atoms. The van der Waals surface area contributed by atoms with E-state index in [1.165, 1.54) is 74.8 Å². The lowest BCUT2D eigenvalue weighted by atomic mass is 9.81. The first-order chi connectivity index (χ1) is 14.9. The highest BCUT2D eigenvalue weighted by Crippen LogP contribution is 2.50. The Morgan fingerprint density at radius 2 is 1.52 bits per heavy atom. The average molecular weight is 405 g/mol. The van der Waals surface area contributed by atoms with E-state index in [-0.39, 0.29) is 5.41 Å². The zero-order valence-corrected chi connectivity index (χ0v) is 19.3. The third kappa shape index (κ3) is 2.53. The highest BCUT2D eigenvalue weighted by Gasteiger charge is 2.36.